The number of aromatic carboxylic acids is 1. The third-order valence-corrected chi connectivity index (χ3v) is 4.44. The van der Waals surface area contributed by atoms with Crippen molar-refractivity contribution < 1.29 is 14.7 Å². The van der Waals surface area contributed by atoms with Crippen LogP contribution in [0.5, 0.6) is 0 Å². The highest BCUT2D eigenvalue weighted by Crippen LogP contribution is 2.19. The highest BCUT2D eigenvalue weighted by Gasteiger charge is 2.13. The lowest BCUT2D eigenvalue weighted by molar-refractivity contribution is -0.112. The van der Waals surface area contributed by atoms with Gasteiger partial charge >= 0.3 is 5.97 Å². The molecule has 0 saturated carbocycles. The molecule has 1 amide bonds. The number of aromatic nitrogens is 1. The number of benzene rings is 2. The lowest BCUT2D eigenvalue weighted by Gasteiger charge is -2.10. The van der Waals surface area contributed by atoms with E-state index in [0.29, 0.717) is 17.1 Å². The largest absolute Gasteiger partial charge is 0.478 e. The van der Waals surface area contributed by atoms with Crippen molar-refractivity contribution in [1.82, 2.24) is 4.57 Å². The molecule has 0 aliphatic rings. The van der Waals surface area contributed by atoms with Crippen LogP contribution in [0.1, 0.15) is 27.2 Å². The minimum atomic E-state index is -1.03. The van der Waals surface area contributed by atoms with Gasteiger partial charge in [0.25, 0.3) is 5.91 Å². The third kappa shape index (κ3) is 4.42. The van der Waals surface area contributed by atoms with Gasteiger partial charge in [0, 0.05) is 23.3 Å². The topological polar surface area (TPSA) is 95.1 Å². The van der Waals surface area contributed by atoms with Crippen LogP contribution in [0.3, 0.4) is 0 Å². The maximum atomic E-state index is 12.6. The Balaban J connectivity index is 1.92. The van der Waals surface area contributed by atoms with Crippen LogP contribution in [0.2, 0.25) is 0 Å². The molecule has 2 aromatic carbocycles. The second-order valence-corrected chi connectivity index (χ2v) is 6.60. The van der Waals surface area contributed by atoms with Crippen LogP contribution in [-0.2, 0) is 4.79 Å². The van der Waals surface area contributed by atoms with Gasteiger partial charge in [-0.25, -0.2) is 4.79 Å². The predicted molar refractivity (Wildman–Crippen MR) is 111 cm³/mol. The Morgan fingerprint density at radius 2 is 1.90 bits per heavy atom. The number of aryl methyl sites for hydroxylation is 2. The van der Waals surface area contributed by atoms with Crippen LogP contribution in [0.15, 0.2) is 66.4 Å². The van der Waals surface area contributed by atoms with Crippen molar-refractivity contribution in [3.63, 3.8) is 0 Å². The van der Waals surface area contributed by atoms with Crippen molar-refractivity contribution in [3.05, 3.63) is 88.8 Å². The first-order valence-electron chi connectivity index (χ1n) is 8.90. The Labute approximate surface area is 168 Å². The van der Waals surface area contributed by atoms with E-state index >= 15 is 0 Å². The van der Waals surface area contributed by atoms with Crippen LogP contribution in [0.4, 0.5) is 5.69 Å². The zero-order valence-corrected chi connectivity index (χ0v) is 16.0. The van der Waals surface area contributed by atoms with Crippen LogP contribution in [0, 0.1) is 25.2 Å². The average Bonchev–Trinajstić information content (AvgIpc) is 3.16. The fourth-order valence-corrected chi connectivity index (χ4v) is 2.98. The van der Waals surface area contributed by atoms with E-state index in [1.54, 1.807) is 41.1 Å². The van der Waals surface area contributed by atoms with Gasteiger partial charge in [0.1, 0.15) is 11.6 Å². The molecule has 0 spiro atoms. The lowest BCUT2D eigenvalue weighted by atomic mass is 10.1. The van der Waals surface area contributed by atoms with E-state index in [9.17, 15) is 20.0 Å². The summed E-state index contributed by atoms with van der Waals surface area (Å²) in [5, 5.41) is 21.5. The predicted octanol–water partition coefficient (Wildman–Crippen LogP) is 4.34. The first kappa shape index (κ1) is 19.6. The van der Waals surface area contributed by atoms with E-state index in [2.05, 4.69) is 5.32 Å². The number of carboxylic acid groups (broad SMARTS) is 1. The highest BCUT2D eigenvalue weighted by molar-refractivity contribution is 6.09. The summed E-state index contributed by atoms with van der Waals surface area (Å²) in [7, 11) is 0. The molecular weight excluding hydrogens is 366 g/mol. The lowest BCUT2D eigenvalue weighted by Crippen LogP contribution is -2.14. The number of nitriles is 1. The molecule has 3 rings (SSSR count). The number of hydrogen-bond acceptors (Lipinski definition) is 3. The molecule has 0 atom stereocenters. The second-order valence-electron chi connectivity index (χ2n) is 6.60. The van der Waals surface area contributed by atoms with Gasteiger partial charge in [0.05, 0.1) is 5.56 Å². The number of amides is 1. The number of carbonyl (C=O) groups excluding carboxylic acids is 1. The maximum Gasteiger partial charge on any atom is 0.335 e. The van der Waals surface area contributed by atoms with Gasteiger partial charge in [-0.15, -0.1) is 0 Å². The number of nitrogens with zero attached hydrogens (tertiary/aromatic N) is 2. The monoisotopic (exact) mass is 385 g/mol. The van der Waals surface area contributed by atoms with Gasteiger partial charge in [0.2, 0.25) is 0 Å². The quantitative estimate of drug-likeness (QED) is 0.504. The number of carboxylic acids is 1. The standard InChI is InChI=1S/C23H19N3O3/c1-15-8-9-21(16(2)11-15)25-22(27)18(14-24)13-20-7-4-10-26(20)19-6-3-5-17(12-19)23(28)29/h3-13H,1-2H3,(H,25,27)(H,28,29)/b18-13+. The number of rotatable bonds is 5. The van der Waals surface area contributed by atoms with E-state index in [1.807, 2.05) is 32.0 Å². The molecule has 6 heteroatoms. The Morgan fingerprint density at radius 3 is 2.59 bits per heavy atom. The molecule has 144 valence electrons. The molecule has 29 heavy (non-hydrogen) atoms. The van der Waals surface area contributed by atoms with E-state index in [-0.39, 0.29) is 11.1 Å². The van der Waals surface area contributed by atoms with E-state index < -0.39 is 11.9 Å². The Kier molecular flexibility index (Phi) is 5.61. The normalized spacial score (nSPS) is 11.0. The summed E-state index contributed by atoms with van der Waals surface area (Å²) < 4.78 is 1.72. The van der Waals surface area contributed by atoms with E-state index in [1.165, 1.54) is 18.2 Å². The first-order valence-corrected chi connectivity index (χ1v) is 8.90. The van der Waals surface area contributed by atoms with Crippen LogP contribution in [-0.4, -0.2) is 21.6 Å². The van der Waals surface area contributed by atoms with Gasteiger partial charge in [-0.05, 0) is 61.9 Å². The number of anilines is 1. The molecule has 6 nitrogen and oxygen atoms in total. The molecule has 0 bridgehead atoms. The molecule has 0 fully saturated rings. The molecule has 0 aliphatic heterocycles. The Hall–Kier alpha value is -4.11. The zero-order valence-electron chi connectivity index (χ0n) is 16.0. The van der Waals surface area contributed by atoms with Gasteiger partial charge in [-0.1, -0.05) is 23.8 Å². The molecule has 3 aromatic rings. The van der Waals surface area contributed by atoms with Crippen LogP contribution >= 0.6 is 0 Å². The Morgan fingerprint density at radius 1 is 1.10 bits per heavy atom. The van der Waals surface area contributed by atoms with Crippen molar-refractivity contribution in [3.8, 4) is 11.8 Å². The Bertz CT molecular complexity index is 1170. The average molecular weight is 385 g/mol. The second kappa shape index (κ2) is 8.28. The summed E-state index contributed by atoms with van der Waals surface area (Å²) in [6.45, 7) is 3.85. The molecule has 0 unspecified atom stereocenters. The summed E-state index contributed by atoms with van der Waals surface area (Å²) in [5.74, 6) is -1.53. The summed E-state index contributed by atoms with van der Waals surface area (Å²) in [5.41, 5.74) is 3.93. The SMILES string of the molecule is Cc1ccc(NC(=O)/C(C#N)=C/c2cccn2-c2cccc(C(=O)O)c2)c(C)c1. The van der Waals surface area contributed by atoms with Crippen molar-refractivity contribution in [2.45, 2.75) is 13.8 Å². The fraction of sp³-hybridized carbons (Fsp3) is 0.0870. The molecular formula is C23H19N3O3. The minimum absolute atomic E-state index is 0.0562. The first-order chi connectivity index (χ1) is 13.9. The minimum Gasteiger partial charge on any atom is -0.478 e. The number of hydrogen-bond donors (Lipinski definition) is 2. The van der Waals surface area contributed by atoms with Gasteiger partial charge in [-0.2, -0.15) is 5.26 Å². The van der Waals surface area contributed by atoms with Gasteiger partial charge in [-0.3, -0.25) is 4.79 Å². The molecule has 1 heterocycles. The zero-order chi connectivity index (χ0) is 21.0. The summed E-state index contributed by atoms with van der Waals surface area (Å²) in [4.78, 5) is 23.8. The summed E-state index contributed by atoms with van der Waals surface area (Å²) >= 11 is 0. The highest BCUT2D eigenvalue weighted by atomic mass is 16.4. The van der Waals surface area contributed by atoms with Crippen molar-refractivity contribution in [2.24, 2.45) is 0 Å². The van der Waals surface area contributed by atoms with Gasteiger partial charge in [0.15, 0.2) is 0 Å². The molecule has 1 aromatic heterocycles. The molecule has 2 N–H and O–H groups in total. The summed E-state index contributed by atoms with van der Waals surface area (Å²) in [6.07, 6.45) is 3.22. The van der Waals surface area contributed by atoms with Gasteiger partial charge < -0.3 is 15.0 Å². The number of nitrogens with one attached hydrogen (secondary N) is 1. The van der Waals surface area contributed by atoms with E-state index in [0.717, 1.165) is 11.1 Å². The number of carbonyl (C=O) groups is 2. The van der Waals surface area contributed by atoms with E-state index in [4.69, 9.17) is 0 Å². The third-order valence-electron chi connectivity index (χ3n) is 4.44. The maximum absolute atomic E-state index is 12.6. The molecule has 0 aliphatic carbocycles. The smallest absolute Gasteiger partial charge is 0.335 e. The molecule has 0 saturated heterocycles. The van der Waals surface area contributed by atoms with Crippen molar-refractivity contribution in [2.75, 3.05) is 5.32 Å². The fourth-order valence-electron chi connectivity index (χ4n) is 2.98. The summed E-state index contributed by atoms with van der Waals surface area (Å²) in [6, 6.07) is 17.5. The van der Waals surface area contributed by atoms with Crippen LogP contribution < -0.4 is 5.32 Å². The molecule has 0 radical (unpaired) electrons. The van der Waals surface area contributed by atoms with Crippen LogP contribution in [0.25, 0.3) is 11.8 Å². The van der Waals surface area contributed by atoms with Crippen molar-refractivity contribution >= 4 is 23.6 Å². The van der Waals surface area contributed by atoms with Crippen molar-refractivity contribution in [1.29, 1.82) is 5.26 Å².